The summed E-state index contributed by atoms with van der Waals surface area (Å²) in [6, 6.07) is 3.57. The van der Waals surface area contributed by atoms with Gasteiger partial charge in [0.2, 0.25) is 11.8 Å². The minimum absolute atomic E-state index is 0.306. The number of fused-ring (bicyclic) bond motifs is 2. The van der Waals surface area contributed by atoms with Crippen LogP contribution in [0.3, 0.4) is 0 Å². The lowest BCUT2D eigenvalue weighted by atomic mass is 10.3. The van der Waals surface area contributed by atoms with E-state index in [4.69, 9.17) is 4.74 Å². The second kappa shape index (κ2) is 5.30. The maximum atomic E-state index is 12.0. The third-order valence-corrected chi connectivity index (χ3v) is 3.58. The lowest BCUT2D eigenvalue weighted by Crippen LogP contribution is -2.03. The molecule has 0 spiro atoms. The number of ether oxygens (including phenoxy) is 1. The van der Waals surface area contributed by atoms with Gasteiger partial charge in [-0.1, -0.05) is 13.8 Å². The Labute approximate surface area is 108 Å². The van der Waals surface area contributed by atoms with Crippen LogP contribution in [0.5, 0.6) is 11.8 Å². The Balaban J connectivity index is 0.000000574. The predicted molar refractivity (Wildman–Crippen MR) is 69.0 cm³/mol. The number of hydrogen-bond donors (Lipinski definition) is 0. The topological polar surface area (TPSA) is 57.0 Å². The number of aryl methyl sites for hydroxylation is 1. The molecule has 3 rings (SSSR count). The van der Waals surface area contributed by atoms with Crippen LogP contribution in [0.1, 0.15) is 19.4 Å². The van der Waals surface area contributed by atoms with Crippen molar-refractivity contribution in [3.8, 4) is 11.8 Å². The summed E-state index contributed by atoms with van der Waals surface area (Å²) in [7, 11) is -1.17. The molecule has 2 aromatic heterocycles. The Morgan fingerprint density at radius 2 is 2.22 bits per heavy atom. The first kappa shape index (κ1) is 12.8. The minimum Gasteiger partial charge on any atom is -0.420 e. The van der Waals surface area contributed by atoms with Gasteiger partial charge in [-0.2, -0.15) is 5.10 Å². The van der Waals surface area contributed by atoms with Crippen molar-refractivity contribution in [1.29, 1.82) is 0 Å². The average molecular weight is 265 g/mol. The highest BCUT2D eigenvalue weighted by Crippen LogP contribution is 2.30. The van der Waals surface area contributed by atoms with Gasteiger partial charge in [-0.25, -0.2) is 9.67 Å². The summed E-state index contributed by atoms with van der Waals surface area (Å²) in [6.07, 6.45) is 3.31. The van der Waals surface area contributed by atoms with Crippen LogP contribution < -0.4 is 4.74 Å². The summed E-state index contributed by atoms with van der Waals surface area (Å²) in [5.74, 6) is 1.28. The molecular formula is C12H15N3O2S. The van der Waals surface area contributed by atoms with E-state index in [0.717, 1.165) is 5.56 Å². The van der Waals surface area contributed by atoms with E-state index in [1.165, 1.54) is 0 Å². The molecule has 1 atom stereocenters. The Hall–Kier alpha value is -1.69. The zero-order valence-corrected chi connectivity index (χ0v) is 11.4. The average Bonchev–Trinajstić information content (AvgIpc) is 2.76. The minimum atomic E-state index is -1.17. The highest BCUT2D eigenvalue weighted by Gasteiger charge is 2.21. The van der Waals surface area contributed by atoms with E-state index in [1.54, 1.807) is 23.1 Å². The molecule has 0 amide bonds. The third-order valence-electron chi connectivity index (χ3n) is 2.32. The van der Waals surface area contributed by atoms with Crippen LogP contribution in [0, 0.1) is 6.92 Å². The Morgan fingerprint density at radius 1 is 1.44 bits per heavy atom. The number of aromatic nitrogens is 3. The van der Waals surface area contributed by atoms with Gasteiger partial charge in [-0.05, 0) is 18.6 Å². The molecule has 0 aromatic carbocycles. The van der Waals surface area contributed by atoms with Crippen LogP contribution in [0.25, 0.3) is 0 Å². The van der Waals surface area contributed by atoms with E-state index in [-0.39, 0.29) is 0 Å². The fraction of sp³-hybridized carbons (Fsp3) is 0.333. The van der Waals surface area contributed by atoms with Crippen molar-refractivity contribution in [2.24, 2.45) is 0 Å². The van der Waals surface area contributed by atoms with Gasteiger partial charge in [0.15, 0.2) is 0 Å². The molecule has 0 saturated heterocycles. The summed E-state index contributed by atoms with van der Waals surface area (Å²) >= 11 is 0. The van der Waals surface area contributed by atoms with E-state index < -0.39 is 10.8 Å². The molecule has 2 aromatic rings. The normalized spacial score (nSPS) is 16.5. The standard InChI is InChI=1S/C10H9N3O2S.C2H6/c1-7-4-8-10(11-5-7)15-9-2-3-12-13(9)6-16(8)14;1-2/h2-5H,6H2,1H3;1-2H3. The lowest BCUT2D eigenvalue weighted by Gasteiger charge is -2.04. The van der Waals surface area contributed by atoms with Gasteiger partial charge in [-0.3, -0.25) is 4.21 Å². The van der Waals surface area contributed by atoms with Crippen LogP contribution in [0.2, 0.25) is 0 Å². The molecule has 5 nitrogen and oxygen atoms in total. The summed E-state index contributed by atoms with van der Waals surface area (Å²) in [6.45, 7) is 5.91. The maximum absolute atomic E-state index is 12.0. The summed E-state index contributed by atoms with van der Waals surface area (Å²) < 4.78 is 19.2. The van der Waals surface area contributed by atoms with Crippen molar-refractivity contribution in [2.45, 2.75) is 31.5 Å². The van der Waals surface area contributed by atoms with Gasteiger partial charge in [0.1, 0.15) is 10.8 Å². The second-order valence-corrected chi connectivity index (χ2v) is 4.95. The van der Waals surface area contributed by atoms with Crippen LogP contribution in [0.15, 0.2) is 29.4 Å². The predicted octanol–water partition coefficient (Wildman–Crippen LogP) is 2.48. The molecule has 96 valence electrons. The molecule has 0 fully saturated rings. The van der Waals surface area contributed by atoms with Gasteiger partial charge in [0, 0.05) is 12.3 Å². The maximum Gasteiger partial charge on any atom is 0.237 e. The van der Waals surface area contributed by atoms with Crippen molar-refractivity contribution < 1.29 is 8.95 Å². The van der Waals surface area contributed by atoms with Gasteiger partial charge < -0.3 is 4.74 Å². The number of rotatable bonds is 0. The van der Waals surface area contributed by atoms with Gasteiger partial charge in [0.25, 0.3) is 0 Å². The first-order valence-corrected chi connectivity index (χ1v) is 7.10. The number of nitrogens with zero attached hydrogens (tertiary/aromatic N) is 3. The van der Waals surface area contributed by atoms with E-state index in [1.807, 2.05) is 26.8 Å². The van der Waals surface area contributed by atoms with Gasteiger partial charge >= 0.3 is 0 Å². The second-order valence-electron chi connectivity index (χ2n) is 3.56. The van der Waals surface area contributed by atoms with Crippen molar-refractivity contribution >= 4 is 10.8 Å². The largest absolute Gasteiger partial charge is 0.420 e. The van der Waals surface area contributed by atoms with Crippen molar-refractivity contribution in [1.82, 2.24) is 14.8 Å². The molecule has 18 heavy (non-hydrogen) atoms. The molecule has 0 bridgehead atoms. The van der Waals surface area contributed by atoms with E-state index in [0.29, 0.717) is 22.5 Å². The van der Waals surface area contributed by atoms with E-state index >= 15 is 0 Å². The number of pyridine rings is 1. The molecule has 6 heteroatoms. The smallest absolute Gasteiger partial charge is 0.237 e. The molecule has 0 radical (unpaired) electrons. The summed E-state index contributed by atoms with van der Waals surface area (Å²) in [5, 5.41) is 4.04. The Bertz CT molecular complexity index is 580. The molecule has 1 aliphatic heterocycles. The first-order chi connectivity index (χ1) is 8.74. The summed E-state index contributed by atoms with van der Waals surface area (Å²) in [4.78, 5) is 4.78. The number of hydrogen-bond acceptors (Lipinski definition) is 4. The molecule has 0 saturated carbocycles. The molecule has 0 aliphatic carbocycles. The van der Waals surface area contributed by atoms with Crippen LogP contribution in [-0.2, 0) is 16.7 Å². The molecular weight excluding hydrogens is 250 g/mol. The summed E-state index contributed by atoms with van der Waals surface area (Å²) in [5.41, 5.74) is 0.968. The van der Waals surface area contributed by atoms with E-state index in [9.17, 15) is 4.21 Å². The highest BCUT2D eigenvalue weighted by molar-refractivity contribution is 7.84. The zero-order chi connectivity index (χ0) is 13.1. The Kier molecular flexibility index (Phi) is 3.76. The van der Waals surface area contributed by atoms with Crippen LogP contribution >= 0.6 is 0 Å². The molecule has 1 aliphatic rings. The quantitative estimate of drug-likeness (QED) is 0.734. The first-order valence-electron chi connectivity index (χ1n) is 5.79. The molecule has 0 N–H and O–H groups in total. The lowest BCUT2D eigenvalue weighted by molar-refractivity contribution is 0.409. The monoisotopic (exact) mass is 265 g/mol. The zero-order valence-electron chi connectivity index (χ0n) is 10.6. The third kappa shape index (κ3) is 2.28. The fourth-order valence-corrected chi connectivity index (χ4v) is 2.72. The van der Waals surface area contributed by atoms with Crippen molar-refractivity contribution in [3.63, 3.8) is 0 Å². The molecule has 3 heterocycles. The van der Waals surface area contributed by atoms with Crippen molar-refractivity contribution in [2.75, 3.05) is 0 Å². The molecule has 1 unspecified atom stereocenters. The van der Waals surface area contributed by atoms with Crippen LogP contribution in [0.4, 0.5) is 0 Å². The van der Waals surface area contributed by atoms with Crippen molar-refractivity contribution in [3.05, 3.63) is 30.1 Å². The van der Waals surface area contributed by atoms with Crippen LogP contribution in [-0.4, -0.2) is 19.0 Å². The Morgan fingerprint density at radius 3 is 3.00 bits per heavy atom. The van der Waals surface area contributed by atoms with Gasteiger partial charge in [-0.15, -0.1) is 0 Å². The highest BCUT2D eigenvalue weighted by atomic mass is 32.2. The SMILES string of the molecule is CC.Cc1cnc2c(c1)S(=O)Cn1nccc1O2. The van der Waals surface area contributed by atoms with E-state index in [2.05, 4.69) is 10.1 Å². The fourth-order valence-electron chi connectivity index (χ4n) is 1.55. The van der Waals surface area contributed by atoms with Gasteiger partial charge in [0.05, 0.1) is 17.0 Å².